The Labute approximate surface area is 98.1 Å². The van der Waals surface area contributed by atoms with Crippen LogP contribution in [0, 0.1) is 5.92 Å². The molecule has 4 nitrogen and oxygen atoms in total. The average molecular weight is 222 g/mol. The van der Waals surface area contributed by atoms with Crippen molar-refractivity contribution >= 4 is 5.82 Å². The van der Waals surface area contributed by atoms with E-state index in [-0.39, 0.29) is 0 Å². The molecule has 0 amide bonds. The Hall–Kier alpha value is -1.16. The van der Waals surface area contributed by atoms with Crippen LogP contribution in [0.1, 0.15) is 26.5 Å². The molecule has 0 fully saturated rings. The van der Waals surface area contributed by atoms with E-state index in [1.165, 1.54) is 0 Å². The molecule has 90 valence electrons. The molecule has 1 aromatic heterocycles. The van der Waals surface area contributed by atoms with Crippen molar-refractivity contribution in [2.24, 2.45) is 5.92 Å². The highest BCUT2D eigenvalue weighted by Crippen LogP contribution is 2.09. The maximum atomic E-state index is 4.22. The number of hydrogen-bond acceptors (Lipinski definition) is 4. The van der Waals surface area contributed by atoms with Gasteiger partial charge >= 0.3 is 0 Å². The van der Waals surface area contributed by atoms with Crippen LogP contribution in [-0.2, 0) is 6.54 Å². The minimum Gasteiger partial charge on any atom is -0.358 e. The van der Waals surface area contributed by atoms with Gasteiger partial charge in [-0.15, -0.1) is 5.10 Å². The normalized spacial score (nSPS) is 10.8. The van der Waals surface area contributed by atoms with E-state index in [9.17, 15) is 0 Å². The maximum absolute atomic E-state index is 4.22. The number of nitrogens with one attached hydrogen (secondary N) is 1. The average Bonchev–Trinajstić information content (AvgIpc) is 2.26. The van der Waals surface area contributed by atoms with Crippen molar-refractivity contribution < 1.29 is 0 Å². The highest BCUT2D eigenvalue weighted by atomic mass is 15.2. The zero-order chi connectivity index (χ0) is 12.0. The highest BCUT2D eigenvalue weighted by molar-refractivity contribution is 5.35. The van der Waals surface area contributed by atoms with Crippen LogP contribution in [0.25, 0.3) is 0 Å². The molecule has 0 aliphatic carbocycles. The smallest absolute Gasteiger partial charge is 0.150 e. The summed E-state index contributed by atoms with van der Waals surface area (Å²) >= 11 is 0. The Morgan fingerprint density at radius 3 is 2.56 bits per heavy atom. The molecular weight excluding hydrogens is 200 g/mol. The minimum atomic E-state index is 0.633. The first-order valence-electron chi connectivity index (χ1n) is 5.88. The van der Waals surface area contributed by atoms with Gasteiger partial charge in [0.1, 0.15) is 0 Å². The van der Waals surface area contributed by atoms with Crippen LogP contribution in [0.3, 0.4) is 0 Å². The van der Waals surface area contributed by atoms with E-state index >= 15 is 0 Å². The standard InChI is InChI=1S/C12H22N4/c1-5-13-8-11-6-7-12(15-14-11)16(4)9-10(2)3/h6-7,10,13H,5,8-9H2,1-4H3. The summed E-state index contributed by atoms with van der Waals surface area (Å²) < 4.78 is 0. The van der Waals surface area contributed by atoms with Crippen molar-refractivity contribution in [2.75, 3.05) is 25.0 Å². The predicted molar refractivity (Wildman–Crippen MR) is 67.5 cm³/mol. The molecule has 4 heteroatoms. The van der Waals surface area contributed by atoms with Gasteiger partial charge in [-0.3, -0.25) is 0 Å². The van der Waals surface area contributed by atoms with Gasteiger partial charge in [-0.05, 0) is 24.6 Å². The molecule has 0 aliphatic heterocycles. The summed E-state index contributed by atoms with van der Waals surface area (Å²) in [5.74, 6) is 1.57. The number of hydrogen-bond donors (Lipinski definition) is 1. The molecule has 1 rings (SSSR count). The fourth-order valence-electron chi connectivity index (χ4n) is 1.55. The van der Waals surface area contributed by atoms with Crippen LogP contribution in [0.15, 0.2) is 12.1 Å². The van der Waals surface area contributed by atoms with Gasteiger partial charge in [0.25, 0.3) is 0 Å². The van der Waals surface area contributed by atoms with E-state index in [4.69, 9.17) is 0 Å². The van der Waals surface area contributed by atoms with Crippen molar-refractivity contribution in [2.45, 2.75) is 27.3 Å². The second kappa shape index (κ2) is 6.43. The van der Waals surface area contributed by atoms with E-state index in [0.29, 0.717) is 5.92 Å². The summed E-state index contributed by atoms with van der Waals surface area (Å²) in [6.07, 6.45) is 0. The molecular formula is C12H22N4. The number of aromatic nitrogens is 2. The fraction of sp³-hybridized carbons (Fsp3) is 0.667. The van der Waals surface area contributed by atoms with Crippen molar-refractivity contribution in [3.63, 3.8) is 0 Å². The Morgan fingerprint density at radius 1 is 1.31 bits per heavy atom. The van der Waals surface area contributed by atoms with E-state index < -0.39 is 0 Å². The first-order chi connectivity index (χ1) is 7.63. The molecule has 0 aromatic carbocycles. The summed E-state index contributed by atoms with van der Waals surface area (Å²) in [5.41, 5.74) is 0.989. The van der Waals surface area contributed by atoms with Crippen LogP contribution in [0.4, 0.5) is 5.82 Å². The summed E-state index contributed by atoms with van der Waals surface area (Å²) in [6.45, 7) is 9.22. The Morgan fingerprint density at radius 2 is 2.06 bits per heavy atom. The molecule has 1 heterocycles. The lowest BCUT2D eigenvalue weighted by Crippen LogP contribution is -2.24. The van der Waals surface area contributed by atoms with Crippen LogP contribution < -0.4 is 10.2 Å². The molecule has 1 aromatic rings. The molecule has 0 saturated heterocycles. The third-order valence-electron chi connectivity index (χ3n) is 2.29. The monoisotopic (exact) mass is 222 g/mol. The molecule has 0 spiro atoms. The van der Waals surface area contributed by atoms with Gasteiger partial charge in [-0.25, -0.2) is 0 Å². The van der Waals surface area contributed by atoms with E-state index in [0.717, 1.165) is 31.1 Å². The molecule has 1 N–H and O–H groups in total. The summed E-state index contributed by atoms with van der Waals surface area (Å²) in [6, 6.07) is 4.06. The molecule has 0 unspecified atom stereocenters. The Bertz CT molecular complexity index is 294. The number of rotatable bonds is 6. The lowest BCUT2D eigenvalue weighted by Gasteiger charge is -2.19. The van der Waals surface area contributed by atoms with Gasteiger partial charge in [0.2, 0.25) is 0 Å². The largest absolute Gasteiger partial charge is 0.358 e. The first-order valence-corrected chi connectivity index (χ1v) is 5.88. The van der Waals surface area contributed by atoms with Crippen LogP contribution in [-0.4, -0.2) is 30.3 Å². The number of anilines is 1. The molecule has 0 bridgehead atoms. The van der Waals surface area contributed by atoms with Crippen molar-refractivity contribution in [3.8, 4) is 0 Å². The highest BCUT2D eigenvalue weighted by Gasteiger charge is 2.05. The second-order valence-electron chi connectivity index (χ2n) is 4.44. The zero-order valence-electron chi connectivity index (χ0n) is 10.7. The quantitative estimate of drug-likeness (QED) is 0.795. The summed E-state index contributed by atoms with van der Waals surface area (Å²) in [4.78, 5) is 2.13. The SMILES string of the molecule is CCNCc1ccc(N(C)CC(C)C)nn1. The van der Waals surface area contributed by atoms with Gasteiger partial charge in [0, 0.05) is 20.1 Å². The Kier molecular flexibility index (Phi) is 5.19. The lowest BCUT2D eigenvalue weighted by molar-refractivity contribution is 0.630. The van der Waals surface area contributed by atoms with Crippen molar-refractivity contribution in [1.82, 2.24) is 15.5 Å². The zero-order valence-corrected chi connectivity index (χ0v) is 10.7. The fourth-order valence-corrected chi connectivity index (χ4v) is 1.55. The van der Waals surface area contributed by atoms with Crippen molar-refractivity contribution in [1.29, 1.82) is 0 Å². The van der Waals surface area contributed by atoms with Crippen LogP contribution >= 0.6 is 0 Å². The topological polar surface area (TPSA) is 41.0 Å². The summed E-state index contributed by atoms with van der Waals surface area (Å²) in [5, 5.41) is 11.6. The van der Waals surface area contributed by atoms with Gasteiger partial charge in [-0.2, -0.15) is 5.10 Å². The third kappa shape index (κ3) is 4.14. The van der Waals surface area contributed by atoms with Gasteiger partial charge < -0.3 is 10.2 Å². The van der Waals surface area contributed by atoms with Gasteiger partial charge in [0.05, 0.1) is 5.69 Å². The minimum absolute atomic E-state index is 0.633. The predicted octanol–water partition coefficient (Wildman–Crippen LogP) is 1.68. The second-order valence-corrected chi connectivity index (χ2v) is 4.44. The third-order valence-corrected chi connectivity index (χ3v) is 2.29. The molecule has 0 aliphatic rings. The maximum Gasteiger partial charge on any atom is 0.150 e. The van der Waals surface area contributed by atoms with Crippen LogP contribution in [0.5, 0.6) is 0 Å². The van der Waals surface area contributed by atoms with E-state index in [2.05, 4.69) is 41.2 Å². The number of nitrogens with zero attached hydrogens (tertiary/aromatic N) is 3. The van der Waals surface area contributed by atoms with Crippen LogP contribution in [0.2, 0.25) is 0 Å². The first kappa shape index (κ1) is 12.9. The molecule has 0 saturated carbocycles. The van der Waals surface area contributed by atoms with Crippen molar-refractivity contribution in [3.05, 3.63) is 17.8 Å². The lowest BCUT2D eigenvalue weighted by atomic mass is 10.2. The van der Waals surface area contributed by atoms with Gasteiger partial charge in [0.15, 0.2) is 5.82 Å². The van der Waals surface area contributed by atoms with E-state index in [1.807, 2.05) is 19.2 Å². The van der Waals surface area contributed by atoms with E-state index in [1.54, 1.807) is 0 Å². The van der Waals surface area contributed by atoms with Gasteiger partial charge in [-0.1, -0.05) is 20.8 Å². The molecule has 16 heavy (non-hydrogen) atoms. The summed E-state index contributed by atoms with van der Waals surface area (Å²) in [7, 11) is 2.05. The Balaban J connectivity index is 2.56. The molecule has 0 radical (unpaired) electrons. The molecule has 0 atom stereocenters.